The van der Waals surface area contributed by atoms with E-state index < -0.39 is 11.9 Å². The van der Waals surface area contributed by atoms with Gasteiger partial charge in [-0.3, -0.25) is 9.59 Å². The molecule has 118 valence electrons. The molecule has 0 aromatic rings. The van der Waals surface area contributed by atoms with Crippen molar-refractivity contribution in [2.45, 2.75) is 46.0 Å². The number of rotatable bonds is 8. The van der Waals surface area contributed by atoms with Crippen molar-refractivity contribution in [3.8, 4) is 0 Å². The molecule has 0 aromatic carbocycles. The number of carbonyl (C=O) groups is 2. The van der Waals surface area contributed by atoms with E-state index in [0.717, 1.165) is 19.3 Å². The molecule has 0 aromatic heterocycles. The Morgan fingerprint density at radius 1 is 1.24 bits per heavy atom. The molecule has 1 saturated carbocycles. The van der Waals surface area contributed by atoms with Gasteiger partial charge >= 0.3 is 5.97 Å². The van der Waals surface area contributed by atoms with Gasteiger partial charge in [-0.05, 0) is 30.6 Å². The maximum Gasteiger partial charge on any atom is 0.307 e. The van der Waals surface area contributed by atoms with Crippen LogP contribution >= 0.6 is 0 Å². The molecule has 2 aliphatic rings. The van der Waals surface area contributed by atoms with Crippen molar-refractivity contribution in [3.63, 3.8) is 0 Å². The van der Waals surface area contributed by atoms with E-state index in [1.54, 1.807) is 0 Å². The molecule has 0 spiro atoms. The smallest absolute Gasteiger partial charge is 0.307 e. The van der Waals surface area contributed by atoms with E-state index in [2.05, 4.69) is 19.2 Å². The van der Waals surface area contributed by atoms with Gasteiger partial charge in [-0.2, -0.15) is 0 Å². The molecule has 21 heavy (non-hydrogen) atoms. The van der Waals surface area contributed by atoms with Gasteiger partial charge < -0.3 is 10.4 Å². The average Bonchev–Trinajstić information content (AvgIpc) is 3.07. The van der Waals surface area contributed by atoms with Crippen molar-refractivity contribution in [2.75, 3.05) is 6.54 Å². The molecule has 4 nitrogen and oxygen atoms in total. The van der Waals surface area contributed by atoms with E-state index in [0.29, 0.717) is 12.5 Å². The summed E-state index contributed by atoms with van der Waals surface area (Å²) in [7, 11) is 0. The third kappa shape index (κ3) is 3.47. The second-order valence-corrected chi connectivity index (χ2v) is 6.50. The molecule has 2 N–H and O–H groups in total. The molecular weight excluding hydrogens is 266 g/mol. The zero-order valence-corrected chi connectivity index (χ0v) is 13.0. The first-order valence-corrected chi connectivity index (χ1v) is 8.27. The quantitative estimate of drug-likeness (QED) is 0.676. The first kappa shape index (κ1) is 16.1. The molecule has 1 fully saturated rings. The average molecular weight is 293 g/mol. The Hall–Kier alpha value is -1.32. The molecule has 0 aliphatic heterocycles. The fraction of sp³-hybridized carbons (Fsp3) is 0.765. The zero-order valence-electron chi connectivity index (χ0n) is 13.0. The molecule has 2 aliphatic carbocycles. The van der Waals surface area contributed by atoms with Crippen molar-refractivity contribution >= 4 is 11.9 Å². The standard InChI is InChI=1S/C17H27NO3/c1-3-5-6-11(4-2)10-18-16(19)14-12-7-8-13(9-12)15(14)17(20)21/h7-8,11-15H,3-6,9-10H2,1-2H3,(H,18,19)(H,20,21)/t11-,12-,13-,14-,15+/m0/s1. The maximum absolute atomic E-state index is 12.4. The zero-order chi connectivity index (χ0) is 15.4. The minimum atomic E-state index is -0.829. The van der Waals surface area contributed by atoms with Crippen LogP contribution in [-0.4, -0.2) is 23.5 Å². The highest BCUT2D eigenvalue weighted by atomic mass is 16.4. The lowest BCUT2D eigenvalue weighted by Crippen LogP contribution is -2.41. The molecule has 2 bridgehead atoms. The van der Waals surface area contributed by atoms with Crippen LogP contribution in [0.2, 0.25) is 0 Å². The number of aliphatic carboxylic acids is 1. The molecule has 4 heteroatoms. The SMILES string of the molecule is CCCC[C@H](CC)CNC(=O)[C@@H]1[C@H](C(=O)O)[C@H]2C=C[C@H]1C2. The van der Waals surface area contributed by atoms with Crippen LogP contribution in [0.15, 0.2) is 12.2 Å². The van der Waals surface area contributed by atoms with E-state index in [1.807, 2.05) is 12.2 Å². The summed E-state index contributed by atoms with van der Waals surface area (Å²) in [4.78, 5) is 23.9. The molecule has 0 radical (unpaired) electrons. The molecule has 2 rings (SSSR count). The lowest BCUT2D eigenvalue weighted by molar-refractivity contribution is -0.147. The van der Waals surface area contributed by atoms with Crippen LogP contribution in [0.25, 0.3) is 0 Å². The normalized spacial score (nSPS) is 31.3. The van der Waals surface area contributed by atoms with Crippen LogP contribution in [0, 0.1) is 29.6 Å². The van der Waals surface area contributed by atoms with E-state index in [1.165, 1.54) is 12.8 Å². The highest BCUT2D eigenvalue weighted by molar-refractivity contribution is 5.86. The first-order valence-electron chi connectivity index (χ1n) is 8.27. The van der Waals surface area contributed by atoms with Crippen LogP contribution < -0.4 is 5.32 Å². The highest BCUT2D eigenvalue weighted by Crippen LogP contribution is 2.48. The summed E-state index contributed by atoms with van der Waals surface area (Å²) < 4.78 is 0. The summed E-state index contributed by atoms with van der Waals surface area (Å²) in [5.41, 5.74) is 0. The summed E-state index contributed by atoms with van der Waals surface area (Å²) in [5, 5.41) is 12.4. The van der Waals surface area contributed by atoms with E-state index in [9.17, 15) is 14.7 Å². The molecular formula is C17H27NO3. The largest absolute Gasteiger partial charge is 0.481 e. The summed E-state index contributed by atoms with van der Waals surface area (Å²) in [6, 6.07) is 0. The van der Waals surface area contributed by atoms with Crippen molar-refractivity contribution in [3.05, 3.63) is 12.2 Å². The Kier molecular flexibility index (Phi) is 5.43. The maximum atomic E-state index is 12.4. The minimum Gasteiger partial charge on any atom is -0.481 e. The number of carboxylic acids is 1. The Morgan fingerprint density at radius 2 is 1.90 bits per heavy atom. The summed E-state index contributed by atoms with van der Waals surface area (Å²) in [5.74, 6) is -1.13. The fourth-order valence-corrected chi connectivity index (χ4v) is 3.82. The monoisotopic (exact) mass is 293 g/mol. The molecule has 1 amide bonds. The third-order valence-electron chi connectivity index (χ3n) is 5.16. The summed E-state index contributed by atoms with van der Waals surface area (Å²) in [6.07, 6.45) is 9.37. The van der Waals surface area contributed by atoms with Crippen LogP contribution in [0.3, 0.4) is 0 Å². The van der Waals surface area contributed by atoms with Crippen molar-refractivity contribution < 1.29 is 14.7 Å². The van der Waals surface area contributed by atoms with Gasteiger partial charge in [0.2, 0.25) is 5.91 Å². The lowest BCUT2D eigenvalue weighted by Gasteiger charge is -2.25. The van der Waals surface area contributed by atoms with Gasteiger partial charge in [0.15, 0.2) is 0 Å². The third-order valence-corrected chi connectivity index (χ3v) is 5.16. The lowest BCUT2D eigenvalue weighted by atomic mass is 9.82. The fourth-order valence-electron chi connectivity index (χ4n) is 3.82. The van der Waals surface area contributed by atoms with Crippen LogP contribution in [0.5, 0.6) is 0 Å². The van der Waals surface area contributed by atoms with E-state index >= 15 is 0 Å². The Labute approximate surface area is 127 Å². The van der Waals surface area contributed by atoms with Crippen LogP contribution in [0.1, 0.15) is 46.0 Å². The van der Waals surface area contributed by atoms with Gasteiger partial charge in [0.1, 0.15) is 0 Å². The number of amides is 1. The van der Waals surface area contributed by atoms with Gasteiger partial charge in [0.25, 0.3) is 0 Å². The number of carbonyl (C=O) groups excluding carboxylic acids is 1. The van der Waals surface area contributed by atoms with E-state index in [4.69, 9.17) is 0 Å². The van der Waals surface area contributed by atoms with Crippen LogP contribution in [0.4, 0.5) is 0 Å². The number of unbranched alkanes of at least 4 members (excludes halogenated alkanes) is 1. The minimum absolute atomic E-state index is 0.0466. The predicted octanol–water partition coefficient (Wildman–Crippen LogP) is 2.84. The van der Waals surface area contributed by atoms with Gasteiger partial charge in [-0.25, -0.2) is 0 Å². The molecule has 0 unspecified atom stereocenters. The second kappa shape index (κ2) is 7.10. The summed E-state index contributed by atoms with van der Waals surface area (Å²) in [6.45, 7) is 5.00. The van der Waals surface area contributed by atoms with Crippen molar-refractivity contribution in [1.29, 1.82) is 0 Å². The van der Waals surface area contributed by atoms with Gasteiger partial charge in [-0.1, -0.05) is 45.3 Å². The second-order valence-electron chi connectivity index (χ2n) is 6.50. The molecule has 5 atom stereocenters. The number of fused-ring (bicyclic) bond motifs is 2. The first-order chi connectivity index (χ1) is 10.1. The molecule has 0 heterocycles. The van der Waals surface area contributed by atoms with Gasteiger partial charge in [0, 0.05) is 6.54 Å². The predicted molar refractivity (Wildman–Crippen MR) is 81.7 cm³/mol. The Morgan fingerprint density at radius 3 is 2.48 bits per heavy atom. The Bertz CT molecular complexity index is 418. The van der Waals surface area contributed by atoms with Crippen molar-refractivity contribution in [2.24, 2.45) is 29.6 Å². The molecule has 0 saturated heterocycles. The van der Waals surface area contributed by atoms with Crippen LogP contribution in [-0.2, 0) is 9.59 Å². The highest BCUT2D eigenvalue weighted by Gasteiger charge is 2.51. The van der Waals surface area contributed by atoms with E-state index in [-0.39, 0.29) is 23.7 Å². The number of carboxylic acid groups (broad SMARTS) is 1. The Balaban J connectivity index is 1.90. The van der Waals surface area contributed by atoms with Gasteiger partial charge in [0.05, 0.1) is 11.8 Å². The topological polar surface area (TPSA) is 66.4 Å². The van der Waals surface area contributed by atoms with Gasteiger partial charge in [-0.15, -0.1) is 0 Å². The van der Waals surface area contributed by atoms with Crippen molar-refractivity contribution in [1.82, 2.24) is 5.32 Å². The number of hydrogen-bond acceptors (Lipinski definition) is 2. The number of hydrogen-bond donors (Lipinski definition) is 2. The number of allylic oxidation sites excluding steroid dienone is 2. The summed E-state index contributed by atoms with van der Waals surface area (Å²) >= 11 is 0. The number of nitrogens with one attached hydrogen (secondary N) is 1.